The van der Waals surface area contributed by atoms with Gasteiger partial charge < -0.3 is 10.6 Å². The van der Waals surface area contributed by atoms with E-state index in [4.69, 9.17) is 12.2 Å². The molecule has 0 aliphatic heterocycles. The number of hydrogen-bond acceptors (Lipinski definition) is 3. The number of amides is 1. The minimum absolute atomic E-state index is 0.0901. The van der Waals surface area contributed by atoms with E-state index in [2.05, 4.69) is 21.2 Å². The Morgan fingerprint density at radius 1 is 1.22 bits per heavy atom. The topological polar surface area (TPSA) is 65.5 Å². The number of thiocarbonyl (C=S) groups is 1. The van der Waals surface area contributed by atoms with Crippen molar-refractivity contribution in [2.45, 2.75) is 52.0 Å². The van der Waals surface area contributed by atoms with Crippen LogP contribution in [0.25, 0.3) is 0 Å². The van der Waals surface area contributed by atoms with Crippen LogP contribution in [0.5, 0.6) is 0 Å². The molecule has 3 N–H and O–H groups in total. The summed E-state index contributed by atoms with van der Waals surface area (Å²) < 4.78 is 0. The lowest BCUT2D eigenvalue weighted by Crippen LogP contribution is -2.41. The molecule has 0 saturated heterocycles. The minimum atomic E-state index is -0.0901. The van der Waals surface area contributed by atoms with Crippen LogP contribution in [0.15, 0.2) is 29.4 Å². The largest absolute Gasteiger partial charge is 0.359 e. The number of benzene rings is 1. The van der Waals surface area contributed by atoms with Gasteiger partial charge in [-0.05, 0) is 49.7 Å². The first kappa shape index (κ1) is 17.4. The van der Waals surface area contributed by atoms with Gasteiger partial charge in [0.1, 0.15) is 0 Å². The second-order valence-corrected chi connectivity index (χ2v) is 6.29. The summed E-state index contributed by atoms with van der Waals surface area (Å²) >= 11 is 5.30. The summed E-state index contributed by atoms with van der Waals surface area (Å²) in [4.78, 5) is 11.1. The van der Waals surface area contributed by atoms with Crippen molar-refractivity contribution in [1.82, 2.24) is 10.7 Å². The zero-order chi connectivity index (χ0) is 16.7. The molecule has 0 radical (unpaired) electrons. The molecule has 1 aliphatic carbocycles. The van der Waals surface area contributed by atoms with Crippen LogP contribution in [0, 0.1) is 0 Å². The van der Waals surface area contributed by atoms with Crippen LogP contribution in [0.3, 0.4) is 0 Å². The van der Waals surface area contributed by atoms with E-state index in [-0.39, 0.29) is 5.91 Å². The molecule has 1 aromatic rings. The number of nitrogens with zero attached hydrogens (tertiary/aromatic N) is 1. The summed E-state index contributed by atoms with van der Waals surface area (Å²) in [6.45, 7) is 3.40. The fourth-order valence-corrected chi connectivity index (χ4v) is 2.90. The van der Waals surface area contributed by atoms with Crippen LogP contribution < -0.4 is 16.1 Å². The molecule has 1 aliphatic rings. The minimum Gasteiger partial charge on any atom is -0.359 e. The average molecular weight is 332 g/mol. The number of hydrogen-bond donors (Lipinski definition) is 3. The van der Waals surface area contributed by atoms with E-state index in [9.17, 15) is 4.79 Å². The molecular weight excluding hydrogens is 308 g/mol. The highest BCUT2D eigenvalue weighted by atomic mass is 32.1. The Morgan fingerprint density at radius 2 is 1.96 bits per heavy atom. The number of hydrazone groups is 1. The fourth-order valence-electron chi connectivity index (χ4n) is 2.69. The van der Waals surface area contributed by atoms with Crippen molar-refractivity contribution < 1.29 is 4.79 Å². The van der Waals surface area contributed by atoms with Crippen LogP contribution in [-0.4, -0.2) is 22.8 Å². The monoisotopic (exact) mass is 332 g/mol. The van der Waals surface area contributed by atoms with Gasteiger partial charge in [-0.3, -0.25) is 10.2 Å². The molecule has 1 amide bonds. The summed E-state index contributed by atoms with van der Waals surface area (Å²) in [7, 11) is 0. The lowest BCUT2D eigenvalue weighted by molar-refractivity contribution is -0.114. The summed E-state index contributed by atoms with van der Waals surface area (Å²) in [6, 6.07) is 8.03. The molecule has 1 saturated carbocycles. The van der Waals surface area contributed by atoms with E-state index >= 15 is 0 Å². The number of nitrogens with one attached hydrogen (secondary N) is 3. The van der Waals surface area contributed by atoms with Gasteiger partial charge in [-0.25, -0.2) is 0 Å². The number of carbonyl (C=O) groups excluding carboxylic acids is 1. The van der Waals surface area contributed by atoms with Gasteiger partial charge in [0, 0.05) is 18.7 Å². The Hall–Kier alpha value is -1.95. The van der Waals surface area contributed by atoms with Crippen LogP contribution in [0.2, 0.25) is 0 Å². The van der Waals surface area contributed by atoms with E-state index in [0.717, 1.165) is 17.0 Å². The molecule has 2 rings (SSSR count). The molecule has 0 spiro atoms. The van der Waals surface area contributed by atoms with Gasteiger partial charge in [0.25, 0.3) is 0 Å². The number of anilines is 1. The standard InChI is InChI=1S/C17H24N4OS/c1-12(14-7-6-10-16(11-14)18-13(2)22)20-21-17(23)19-15-8-4-3-5-9-15/h6-7,10-11,15H,3-5,8-9H2,1-2H3,(H,18,22)(H2,19,21,23)/b20-12-. The molecule has 1 aromatic carbocycles. The Labute approximate surface area is 142 Å². The van der Waals surface area contributed by atoms with Crippen molar-refractivity contribution in [1.29, 1.82) is 0 Å². The maximum Gasteiger partial charge on any atom is 0.221 e. The Morgan fingerprint density at radius 3 is 2.65 bits per heavy atom. The maximum atomic E-state index is 11.1. The Bertz CT molecular complexity index is 594. The lowest BCUT2D eigenvalue weighted by atomic mass is 9.96. The van der Waals surface area contributed by atoms with Gasteiger partial charge in [-0.15, -0.1) is 0 Å². The first-order chi connectivity index (χ1) is 11.0. The maximum absolute atomic E-state index is 11.1. The molecule has 5 nitrogen and oxygen atoms in total. The van der Waals surface area contributed by atoms with Crippen molar-refractivity contribution >= 4 is 34.6 Å². The zero-order valence-corrected chi connectivity index (χ0v) is 14.5. The predicted molar refractivity (Wildman–Crippen MR) is 98.7 cm³/mol. The summed E-state index contributed by atoms with van der Waals surface area (Å²) in [6.07, 6.45) is 6.18. The van der Waals surface area contributed by atoms with E-state index in [1.807, 2.05) is 31.2 Å². The highest BCUT2D eigenvalue weighted by Crippen LogP contribution is 2.17. The first-order valence-electron chi connectivity index (χ1n) is 8.03. The predicted octanol–water partition coefficient (Wildman–Crippen LogP) is 3.17. The van der Waals surface area contributed by atoms with Crippen LogP contribution in [0.1, 0.15) is 51.5 Å². The molecule has 0 heterocycles. The third kappa shape index (κ3) is 5.98. The lowest BCUT2D eigenvalue weighted by Gasteiger charge is -2.23. The van der Waals surface area contributed by atoms with Gasteiger partial charge in [-0.1, -0.05) is 31.4 Å². The van der Waals surface area contributed by atoms with Crippen LogP contribution >= 0.6 is 12.2 Å². The van der Waals surface area contributed by atoms with Gasteiger partial charge >= 0.3 is 0 Å². The first-order valence-corrected chi connectivity index (χ1v) is 8.44. The normalized spacial score (nSPS) is 15.8. The van der Waals surface area contributed by atoms with Crippen LogP contribution in [-0.2, 0) is 4.79 Å². The second kappa shape index (κ2) is 8.62. The SMILES string of the molecule is CC(=O)Nc1cccc(/C(C)=N\NC(=S)NC2CCCCC2)c1. The molecule has 0 atom stereocenters. The van der Waals surface area contributed by atoms with Crippen molar-refractivity contribution in [3.05, 3.63) is 29.8 Å². The highest BCUT2D eigenvalue weighted by molar-refractivity contribution is 7.80. The quantitative estimate of drug-likeness (QED) is 0.450. The molecule has 1 fully saturated rings. The zero-order valence-electron chi connectivity index (χ0n) is 13.7. The third-order valence-corrected chi connectivity index (χ3v) is 4.08. The third-order valence-electron chi connectivity index (χ3n) is 3.87. The van der Waals surface area contributed by atoms with Crippen molar-refractivity contribution in [3.63, 3.8) is 0 Å². The Kier molecular flexibility index (Phi) is 6.52. The summed E-state index contributed by atoms with van der Waals surface area (Å²) in [5, 5.41) is 11.0. The van der Waals surface area contributed by atoms with Crippen LogP contribution in [0.4, 0.5) is 5.69 Å². The number of rotatable bonds is 4. The molecule has 0 aromatic heterocycles. The molecule has 124 valence electrons. The highest BCUT2D eigenvalue weighted by Gasteiger charge is 2.13. The van der Waals surface area contributed by atoms with E-state index in [1.54, 1.807) is 0 Å². The van der Waals surface area contributed by atoms with Crippen molar-refractivity contribution in [2.75, 3.05) is 5.32 Å². The van der Waals surface area contributed by atoms with Gasteiger partial charge in [-0.2, -0.15) is 5.10 Å². The molecule has 0 unspecified atom stereocenters. The Balaban J connectivity index is 1.91. The van der Waals surface area contributed by atoms with Gasteiger partial charge in [0.15, 0.2) is 5.11 Å². The summed E-state index contributed by atoms with van der Waals surface area (Å²) in [5.41, 5.74) is 5.41. The summed E-state index contributed by atoms with van der Waals surface area (Å²) in [5.74, 6) is -0.0901. The second-order valence-electron chi connectivity index (χ2n) is 5.88. The van der Waals surface area contributed by atoms with Crippen molar-refractivity contribution in [2.24, 2.45) is 5.10 Å². The molecular formula is C17H24N4OS. The van der Waals surface area contributed by atoms with E-state index in [0.29, 0.717) is 11.2 Å². The molecule has 6 heteroatoms. The molecule has 23 heavy (non-hydrogen) atoms. The van der Waals surface area contributed by atoms with Gasteiger partial charge in [0.2, 0.25) is 5.91 Å². The number of carbonyl (C=O) groups is 1. The van der Waals surface area contributed by atoms with E-state index in [1.165, 1.54) is 39.0 Å². The van der Waals surface area contributed by atoms with Gasteiger partial charge in [0.05, 0.1) is 5.71 Å². The fraction of sp³-hybridized carbons (Fsp3) is 0.471. The van der Waals surface area contributed by atoms with E-state index < -0.39 is 0 Å². The van der Waals surface area contributed by atoms with Crippen molar-refractivity contribution in [3.8, 4) is 0 Å². The molecule has 0 bridgehead atoms. The average Bonchev–Trinajstić information content (AvgIpc) is 2.53. The smallest absolute Gasteiger partial charge is 0.221 e.